The normalized spacial score (nSPS) is 12.5. The molecule has 0 bridgehead atoms. The first-order valence-electron chi connectivity index (χ1n) is 4.44. The van der Waals surface area contributed by atoms with Crippen molar-refractivity contribution in [3.8, 4) is 0 Å². The Kier molecular flexibility index (Phi) is 3.07. The molecule has 0 aliphatic rings. The molecule has 70 valence electrons. The Morgan fingerprint density at radius 2 is 2.23 bits per heavy atom. The van der Waals surface area contributed by atoms with Crippen LogP contribution in [0.25, 0.3) is 0 Å². The molecule has 1 atom stereocenters. The molecule has 1 unspecified atom stereocenters. The Bertz CT molecular complexity index is 307. The number of hydrogen-bond donors (Lipinski definition) is 1. The fourth-order valence-corrected chi connectivity index (χ4v) is 1.22. The van der Waals surface area contributed by atoms with Crippen LogP contribution in [-0.4, -0.2) is 5.78 Å². The van der Waals surface area contributed by atoms with Gasteiger partial charge in [-0.25, -0.2) is 0 Å². The summed E-state index contributed by atoms with van der Waals surface area (Å²) in [5.41, 5.74) is 7.51. The van der Waals surface area contributed by atoms with E-state index in [-0.39, 0.29) is 11.7 Å². The van der Waals surface area contributed by atoms with Crippen LogP contribution in [0.4, 0.5) is 5.69 Å². The molecule has 13 heavy (non-hydrogen) atoms. The molecule has 0 radical (unpaired) electrons. The summed E-state index contributed by atoms with van der Waals surface area (Å²) < 4.78 is 0. The Balaban J connectivity index is 2.69. The van der Waals surface area contributed by atoms with Crippen molar-refractivity contribution in [2.75, 3.05) is 5.73 Å². The summed E-state index contributed by atoms with van der Waals surface area (Å²) in [4.78, 5) is 11.0. The molecule has 0 saturated heterocycles. The highest BCUT2D eigenvalue weighted by Crippen LogP contribution is 2.12. The fourth-order valence-electron chi connectivity index (χ4n) is 1.22. The van der Waals surface area contributed by atoms with E-state index in [0.717, 1.165) is 17.7 Å². The van der Waals surface area contributed by atoms with Crippen LogP contribution in [0.2, 0.25) is 0 Å². The lowest BCUT2D eigenvalue weighted by Gasteiger charge is -2.07. The molecule has 0 heterocycles. The fraction of sp³-hybridized carbons (Fsp3) is 0.364. The van der Waals surface area contributed by atoms with Crippen molar-refractivity contribution in [3.05, 3.63) is 29.8 Å². The molecule has 1 rings (SSSR count). The van der Waals surface area contributed by atoms with Crippen LogP contribution in [-0.2, 0) is 11.2 Å². The van der Waals surface area contributed by atoms with Gasteiger partial charge < -0.3 is 5.73 Å². The van der Waals surface area contributed by atoms with E-state index >= 15 is 0 Å². The monoisotopic (exact) mass is 177 g/mol. The summed E-state index contributed by atoms with van der Waals surface area (Å²) in [6, 6.07) is 7.68. The second kappa shape index (κ2) is 4.08. The summed E-state index contributed by atoms with van der Waals surface area (Å²) in [6.07, 6.45) is 0.778. The third-order valence-corrected chi connectivity index (χ3v) is 2.19. The van der Waals surface area contributed by atoms with Crippen LogP contribution in [0.5, 0.6) is 0 Å². The quantitative estimate of drug-likeness (QED) is 0.718. The standard InChI is InChI=1S/C11H15NO/c1-8(9(2)13)6-10-4-3-5-11(12)7-10/h3-5,7-8H,6,12H2,1-2H3. The maximum atomic E-state index is 11.0. The van der Waals surface area contributed by atoms with Gasteiger partial charge in [-0.1, -0.05) is 19.1 Å². The predicted molar refractivity (Wildman–Crippen MR) is 54.4 cm³/mol. The van der Waals surface area contributed by atoms with E-state index in [1.165, 1.54) is 0 Å². The average Bonchev–Trinajstić information content (AvgIpc) is 2.04. The number of ketones is 1. The number of hydrogen-bond acceptors (Lipinski definition) is 2. The highest BCUT2D eigenvalue weighted by Gasteiger charge is 2.07. The van der Waals surface area contributed by atoms with Gasteiger partial charge >= 0.3 is 0 Å². The van der Waals surface area contributed by atoms with Gasteiger partial charge in [-0.15, -0.1) is 0 Å². The minimum Gasteiger partial charge on any atom is -0.399 e. The predicted octanol–water partition coefficient (Wildman–Crippen LogP) is 2.04. The highest BCUT2D eigenvalue weighted by atomic mass is 16.1. The molecule has 2 heteroatoms. The lowest BCUT2D eigenvalue weighted by atomic mass is 9.98. The zero-order valence-electron chi connectivity index (χ0n) is 8.08. The average molecular weight is 177 g/mol. The summed E-state index contributed by atoms with van der Waals surface area (Å²) in [7, 11) is 0. The van der Waals surface area contributed by atoms with Crippen LogP contribution in [0.1, 0.15) is 19.4 Å². The maximum Gasteiger partial charge on any atom is 0.132 e. The van der Waals surface area contributed by atoms with Crippen molar-refractivity contribution >= 4 is 11.5 Å². The summed E-state index contributed by atoms with van der Waals surface area (Å²) in [6.45, 7) is 3.56. The number of rotatable bonds is 3. The second-order valence-corrected chi connectivity index (χ2v) is 3.46. The summed E-state index contributed by atoms with van der Waals surface area (Å²) in [5.74, 6) is 0.309. The second-order valence-electron chi connectivity index (χ2n) is 3.46. The van der Waals surface area contributed by atoms with Crippen LogP contribution in [0.3, 0.4) is 0 Å². The van der Waals surface area contributed by atoms with Gasteiger partial charge in [-0.2, -0.15) is 0 Å². The molecule has 1 aromatic rings. The van der Waals surface area contributed by atoms with E-state index in [0.29, 0.717) is 0 Å². The van der Waals surface area contributed by atoms with E-state index in [1.54, 1.807) is 6.92 Å². The lowest BCUT2D eigenvalue weighted by Crippen LogP contribution is -2.09. The zero-order chi connectivity index (χ0) is 9.84. The van der Waals surface area contributed by atoms with Gasteiger partial charge in [-0.05, 0) is 31.0 Å². The minimum absolute atomic E-state index is 0.0850. The molecule has 0 amide bonds. The Hall–Kier alpha value is -1.31. The topological polar surface area (TPSA) is 43.1 Å². The molecular weight excluding hydrogens is 162 g/mol. The first-order chi connectivity index (χ1) is 6.09. The highest BCUT2D eigenvalue weighted by molar-refractivity contribution is 5.78. The number of benzene rings is 1. The van der Waals surface area contributed by atoms with Gasteiger partial charge in [0.2, 0.25) is 0 Å². The van der Waals surface area contributed by atoms with Crippen molar-refractivity contribution in [2.45, 2.75) is 20.3 Å². The third kappa shape index (κ3) is 2.90. The van der Waals surface area contributed by atoms with E-state index in [9.17, 15) is 4.79 Å². The number of carbonyl (C=O) groups excluding carboxylic acids is 1. The van der Waals surface area contributed by atoms with Gasteiger partial charge in [0.25, 0.3) is 0 Å². The number of nitrogens with two attached hydrogens (primary N) is 1. The van der Waals surface area contributed by atoms with Crippen molar-refractivity contribution in [1.82, 2.24) is 0 Å². The molecule has 0 aliphatic heterocycles. The molecule has 0 spiro atoms. The molecule has 0 aromatic heterocycles. The summed E-state index contributed by atoms with van der Waals surface area (Å²) >= 11 is 0. The number of Topliss-reactive ketones (excluding diaryl/α,β-unsaturated/α-hetero) is 1. The lowest BCUT2D eigenvalue weighted by molar-refractivity contribution is -0.120. The molecular formula is C11H15NO. The largest absolute Gasteiger partial charge is 0.399 e. The molecule has 2 nitrogen and oxygen atoms in total. The minimum atomic E-state index is 0.0850. The van der Waals surface area contributed by atoms with E-state index in [1.807, 2.05) is 31.2 Å². The van der Waals surface area contributed by atoms with Crippen LogP contribution >= 0.6 is 0 Å². The molecule has 0 aliphatic carbocycles. The molecule has 2 N–H and O–H groups in total. The maximum absolute atomic E-state index is 11.0. The third-order valence-electron chi connectivity index (χ3n) is 2.19. The van der Waals surface area contributed by atoms with E-state index in [2.05, 4.69) is 0 Å². The van der Waals surface area contributed by atoms with Gasteiger partial charge in [0.15, 0.2) is 0 Å². The summed E-state index contributed by atoms with van der Waals surface area (Å²) in [5, 5.41) is 0. The number of nitrogen functional groups attached to an aromatic ring is 1. The first kappa shape index (κ1) is 9.78. The van der Waals surface area contributed by atoms with Gasteiger partial charge in [0.05, 0.1) is 0 Å². The smallest absolute Gasteiger partial charge is 0.132 e. The van der Waals surface area contributed by atoms with Crippen molar-refractivity contribution < 1.29 is 4.79 Å². The molecule has 1 aromatic carbocycles. The van der Waals surface area contributed by atoms with Crippen molar-refractivity contribution in [3.63, 3.8) is 0 Å². The van der Waals surface area contributed by atoms with E-state index in [4.69, 9.17) is 5.73 Å². The molecule has 0 saturated carbocycles. The molecule has 0 fully saturated rings. The SMILES string of the molecule is CC(=O)C(C)Cc1cccc(N)c1. The Labute approximate surface area is 78.8 Å². The van der Waals surface area contributed by atoms with Crippen LogP contribution in [0.15, 0.2) is 24.3 Å². The first-order valence-corrected chi connectivity index (χ1v) is 4.44. The Morgan fingerprint density at radius 1 is 1.54 bits per heavy atom. The van der Waals surface area contributed by atoms with Gasteiger partial charge in [-0.3, -0.25) is 4.79 Å². The van der Waals surface area contributed by atoms with Crippen molar-refractivity contribution in [1.29, 1.82) is 0 Å². The van der Waals surface area contributed by atoms with Crippen LogP contribution in [0, 0.1) is 5.92 Å². The zero-order valence-corrected chi connectivity index (χ0v) is 8.08. The number of carbonyl (C=O) groups is 1. The Morgan fingerprint density at radius 3 is 2.77 bits per heavy atom. The van der Waals surface area contributed by atoms with Gasteiger partial charge in [0, 0.05) is 11.6 Å². The van der Waals surface area contributed by atoms with Gasteiger partial charge in [0.1, 0.15) is 5.78 Å². The van der Waals surface area contributed by atoms with E-state index < -0.39 is 0 Å². The van der Waals surface area contributed by atoms with Crippen LogP contribution < -0.4 is 5.73 Å². The number of anilines is 1. The van der Waals surface area contributed by atoms with Crippen molar-refractivity contribution in [2.24, 2.45) is 5.92 Å².